The van der Waals surface area contributed by atoms with Crippen LogP contribution in [0.4, 0.5) is 4.79 Å². The fraction of sp³-hybridized carbons (Fsp3) is 0.600. The summed E-state index contributed by atoms with van der Waals surface area (Å²) in [5.41, 5.74) is 1.51. The zero-order valence-electron chi connectivity index (χ0n) is 14.1. The van der Waals surface area contributed by atoms with E-state index in [-0.39, 0.29) is 25.8 Å². The molecule has 0 aromatic carbocycles. The first-order chi connectivity index (χ1) is 11.8. The van der Waals surface area contributed by atoms with Gasteiger partial charge in [0.25, 0.3) is 10.1 Å². The zero-order chi connectivity index (χ0) is 18.4. The Hall–Kier alpha value is -1.91. The molecule has 1 amide bonds. The van der Waals surface area contributed by atoms with Gasteiger partial charge in [0.1, 0.15) is 6.61 Å². The van der Waals surface area contributed by atoms with Gasteiger partial charge in [-0.3, -0.25) is 9.28 Å². The first-order valence-corrected chi connectivity index (χ1v) is 9.70. The van der Waals surface area contributed by atoms with Gasteiger partial charge in [0.05, 0.1) is 24.6 Å². The standard InChI is InChI=1S/C15H23N3O6S/c1-3-6-23-15(20)18-10-14(24-25(2,21)22)9-13(18)8-12-7-11(4-5-19)16-17-12/h3,7,13-14,19H,1,4-6,8-10H2,2H3,(H,16,17). The van der Waals surface area contributed by atoms with Crippen LogP contribution in [0.15, 0.2) is 18.7 Å². The van der Waals surface area contributed by atoms with Crippen molar-refractivity contribution in [2.24, 2.45) is 0 Å². The van der Waals surface area contributed by atoms with E-state index in [1.54, 1.807) is 0 Å². The van der Waals surface area contributed by atoms with Crippen LogP contribution >= 0.6 is 0 Å². The molecule has 2 atom stereocenters. The number of carbonyl (C=O) groups excluding carboxylic acids is 1. The molecule has 0 bridgehead atoms. The summed E-state index contributed by atoms with van der Waals surface area (Å²) < 4.78 is 32.8. The molecule has 25 heavy (non-hydrogen) atoms. The topological polar surface area (TPSA) is 122 Å². The molecule has 1 aliphatic heterocycles. The van der Waals surface area contributed by atoms with Crippen LogP contribution in [0.3, 0.4) is 0 Å². The van der Waals surface area contributed by atoms with Crippen molar-refractivity contribution in [2.75, 3.05) is 26.0 Å². The maximum atomic E-state index is 12.2. The highest BCUT2D eigenvalue weighted by molar-refractivity contribution is 7.86. The van der Waals surface area contributed by atoms with Crippen molar-refractivity contribution >= 4 is 16.2 Å². The maximum Gasteiger partial charge on any atom is 0.410 e. The van der Waals surface area contributed by atoms with Gasteiger partial charge in [-0.2, -0.15) is 13.5 Å². The van der Waals surface area contributed by atoms with Crippen molar-refractivity contribution in [1.29, 1.82) is 0 Å². The number of hydrogen-bond donors (Lipinski definition) is 2. The minimum absolute atomic E-state index is 0.00198. The fourth-order valence-electron chi connectivity index (χ4n) is 2.83. The Labute approximate surface area is 146 Å². The summed E-state index contributed by atoms with van der Waals surface area (Å²) in [6, 6.07) is 1.53. The van der Waals surface area contributed by atoms with E-state index in [1.165, 1.54) is 11.0 Å². The number of carbonyl (C=O) groups is 1. The number of aromatic nitrogens is 2. The monoisotopic (exact) mass is 373 g/mol. The van der Waals surface area contributed by atoms with Crippen molar-refractivity contribution < 1.29 is 27.2 Å². The molecule has 2 N–H and O–H groups in total. The number of rotatable bonds is 8. The molecular formula is C15H23N3O6S. The summed E-state index contributed by atoms with van der Waals surface area (Å²) in [6.07, 6.45) is 2.54. The van der Waals surface area contributed by atoms with E-state index in [0.717, 1.165) is 17.6 Å². The van der Waals surface area contributed by atoms with Gasteiger partial charge in [-0.25, -0.2) is 4.79 Å². The van der Waals surface area contributed by atoms with Crippen molar-refractivity contribution in [3.63, 3.8) is 0 Å². The fourth-order valence-corrected chi connectivity index (χ4v) is 3.46. The molecule has 9 nitrogen and oxygen atoms in total. The van der Waals surface area contributed by atoms with Gasteiger partial charge >= 0.3 is 6.09 Å². The highest BCUT2D eigenvalue weighted by atomic mass is 32.2. The Morgan fingerprint density at radius 3 is 3.00 bits per heavy atom. The first kappa shape index (κ1) is 19.4. The molecule has 1 saturated heterocycles. The normalized spacial score (nSPS) is 20.6. The van der Waals surface area contributed by atoms with E-state index < -0.39 is 22.3 Å². The number of nitrogens with one attached hydrogen (secondary N) is 1. The Balaban J connectivity index is 2.08. The molecule has 1 aliphatic rings. The predicted octanol–water partition coefficient (Wildman–Crippen LogP) is 0.229. The maximum absolute atomic E-state index is 12.2. The van der Waals surface area contributed by atoms with Gasteiger partial charge in [0.15, 0.2) is 0 Å². The Bertz CT molecular complexity index is 702. The third-order valence-electron chi connectivity index (χ3n) is 3.75. The predicted molar refractivity (Wildman–Crippen MR) is 89.5 cm³/mol. The highest BCUT2D eigenvalue weighted by Gasteiger charge is 2.38. The number of aliphatic hydroxyl groups is 1. The number of amides is 1. The largest absolute Gasteiger partial charge is 0.445 e. The molecule has 1 fully saturated rings. The number of nitrogens with zero attached hydrogens (tertiary/aromatic N) is 2. The van der Waals surface area contributed by atoms with Crippen LogP contribution in [0.5, 0.6) is 0 Å². The summed E-state index contributed by atoms with van der Waals surface area (Å²) in [4.78, 5) is 13.7. The molecule has 0 spiro atoms. The second kappa shape index (κ2) is 8.45. The molecule has 10 heteroatoms. The molecule has 0 saturated carbocycles. The van der Waals surface area contributed by atoms with E-state index in [2.05, 4.69) is 16.8 Å². The lowest BCUT2D eigenvalue weighted by Crippen LogP contribution is -2.38. The van der Waals surface area contributed by atoms with Gasteiger partial charge in [-0.1, -0.05) is 12.7 Å². The minimum atomic E-state index is -3.62. The van der Waals surface area contributed by atoms with Gasteiger partial charge in [0, 0.05) is 31.2 Å². The lowest BCUT2D eigenvalue weighted by molar-refractivity contribution is 0.104. The van der Waals surface area contributed by atoms with E-state index in [4.69, 9.17) is 14.0 Å². The molecule has 2 rings (SSSR count). The van der Waals surface area contributed by atoms with Crippen LogP contribution < -0.4 is 0 Å². The second-order valence-corrected chi connectivity index (χ2v) is 7.49. The summed E-state index contributed by atoms with van der Waals surface area (Å²) in [6.45, 7) is 3.70. The van der Waals surface area contributed by atoms with Crippen LogP contribution in [-0.2, 0) is 31.9 Å². The van der Waals surface area contributed by atoms with Crippen LogP contribution in [0.25, 0.3) is 0 Å². The molecule has 1 aromatic heterocycles. The molecule has 140 valence electrons. The molecule has 1 aromatic rings. The van der Waals surface area contributed by atoms with E-state index in [0.29, 0.717) is 19.3 Å². The number of hydrogen-bond acceptors (Lipinski definition) is 7. The summed E-state index contributed by atoms with van der Waals surface area (Å²) in [7, 11) is -3.62. The summed E-state index contributed by atoms with van der Waals surface area (Å²) in [5, 5.41) is 15.9. The third-order valence-corrected chi connectivity index (χ3v) is 4.38. The summed E-state index contributed by atoms with van der Waals surface area (Å²) >= 11 is 0. The van der Waals surface area contributed by atoms with Crippen molar-refractivity contribution in [3.05, 3.63) is 30.1 Å². The Morgan fingerprint density at radius 2 is 2.36 bits per heavy atom. The van der Waals surface area contributed by atoms with Crippen molar-refractivity contribution in [2.45, 2.75) is 31.4 Å². The number of aliphatic hydroxyl groups excluding tert-OH is 1. The van der Waals surface area contributed by atoms with Gasteiger partial charge < -0.3 is 14.7 Å². The minimum Gasteiger partial charge on any atom is -0.445 e. The average molecular weight is 373 g/mol. The SMILES string of the molecule is C=CCOC(=O)N1CC(OS(C)(=O)=O)CC1Cc1cc(CCO)n[nH]1. The van der Waals surface area contributed by atoms with Gasteiger partial charge in [-0.15, -0.1) is 0 Å². The van der Waals surface area contributed by atoms with Crippen LogP contribution in [0.1, 0.15) is 17.8 Å². The van der Waals surface area contributed by atoms with E-state index in [9.17, 15) is 13.2 Å². The molecule has 0 radical (unpaired) electrons. The Kier molecular flexibility index (Phi) is 6.57. The van der Waals surface area contributed by atoms with Crippen molar-refractivity contribution in [3.8, 4) is 0 Å². The number of aromatic amines is 1. The van der Waals surface area contributed by atoms with Gasteiger partial charge in [-0.05, 0) is 12.5 Å². The van der Waals surface area contributed by atoms with Gasteiger partial charge in [0.2, 0.25) is 0 Å². The van der Waals surface area contributed by atoms with Crippen molar-refractivity contribution in [1.82, 2.24) is 15.1 Å². The quantitative estimate of drug-likeness (QED) is 0.494. The van der Waals surface area contributed by atoms with E-state index >= 15 is 0 Å². The first-order valence-electron chi connectivity index (χ1n) is 7.89. The summed E-state index contributed by atoms with van der Waals surface area (Å²) in [5.74, 6) is 0. The molecule has 2 heterocycles. The van der Waals surface area contributed by atoms with Crippen LogP contribution in [-0.4, -0.2) is 72.9 Å². The number of H-pyrrole nitrogens is 1. The second-order valence-electron chi connectivity index (χ2n) is 5.89. The lowest BCUT2D eigenvalue weighted by atomic mass is 10.1. The molecule has 0 aliphatic carbocycles. The molecule has 2 unspecified atom stereocenters. The lowest BCUT2D eigenvalue weighted by Gasteiger charge is -2.22. The van der Waals surface area contributed by atoms with E-state index in [1.807, 2.05) is 6.07 Å². The molecular weight excluding hydrogens is 350 g/mol. The number of likely N-dealkylation sites (tertiary alicyclic amines) is 1. The van der Waals surface area contributed by atoms with Crippen LogP contribution in [0, 0.1) is 0 Å². The highest BCUT2D eigenvalue weighted by Crippen LogP contribution is 2.25. The average Bonchev–Trinajstić information content (AvgIpc) is 3.11. The van der Waals surface area contributed by atoms with Crippen LogP contribution in [0.2, 0.25) is 0 Å². The number of ether oxygens (including phenoxy) is 1. The Morgan fingerprint density at radius 1 is 1.60 bits per heavy atom. The zero-order valence-corrected chi connectivity index (χ0v) is 14.9. The smallest absolute Gasteiger partial charge is 0.410 e. The third kappa shape index (κ3) is 5.83.